The Labute approximate surface area is 195 Å². The van der Waals surface area contributed by atoms with Gasteiger partial charge in [0.05, 0.1) is 24.3 Å². The number of carbonyl (C=O) groups excluding carboxylic acids is 3. The van der Waals surface area contributed by atoms with Gasteiger partial charge in [-0.25, -0.2) is 9.45 Å². The fourth-order valence-corrected chi connectivity index (χ4v) is 4.62. The summed E-state index contributed by atoms with van der Waals surface area (Å²) in [6.45, 7) is 5.28. The summed E-state index contributed by atoms with van der Waals surface area (Å²) in [5, 5.41) is 6.79. The third-order valence-corrected chi connectivity index (χ3v) is 6.45. The van der Waals surface area contributed by atoms with Crippen LogP contribution in [0.2, 0.25) is 0 Å². The topological polar surface area (TPSA) is 113 Å². The van der Waals surface area contributed by atoms with Crippen LogP contribution in [-0.4, -0.2) is 60.2 Å². The first kappa shape index (κ1) is 22.3. The number of rotatable bonds is 5. The van der Waals surface area contributed by atoms with Crippen molar-refractivity contribution in [3.8, 4) is 0 Å². The Hall–Kier alpha value is -3.50. The van der Waals surface area contributed by atoms with E-state index in [0.717, 1.165) is 6.42 Å². The average Bonchev–Trinajstić information content (AvgIpc) is 3.55. The molecule has 34 heavy (non-hydrogen) atoms. The summed E-state index contributed by atoms with van der Waals surface area (Å²) in [7, 11) is 0. The van der Waals surface area contributed by atoms with E-state index < -0.39 is 17.8 Å². The highest BCUT2D eigenvalue weighted by Gasteiger charge is 2.37. The van der Waals surface area contributed by atoms with Crippen molar-refractivity contribution in [1.82, 2.24) is 15.4 Å². The van der Waals surface area contributed by atoms with Crippen molar-refractivity contribution in [2.45, 2.75) is 26.3 Å². The first-order chi connectivity index (χ1) is 16.3. The van der Waals surface area contributed by atoms with Crippen molar-refractivity contribution in [2.24, 2.45) is 5.92 Å². The molecule has 3 aliphatic heterocycles. The van der Waals surface area contributed by atoms with Gasteiger partial charge in [0.2, 0.25) is 0 Å². The fourth-order valence-electron chi connectivity index (χ4n) is 4.62. The molecule has 2 fully saturated rings. The molecule has 0 bridgehead atoms. The number of carbonyl (C=O) groups is 3. The summed E-state index contributed by atoms with van der Waals surface area (Å²) in [5.41, 5.74) is 3.45. The minimum absolute atomic E-state index is 0.0695. The molecule has 9 nitrogen and oxygen atoms in total. The van der Waals surface area contributed by atoms with Crippen LogP contribution < -0.4 is 10.6 Å². The number of benzene rings is 1. The van der Waals surface area contributed by atoms with Crippen LogP contribution in [0.4, 0.5) is 10.1 Å². The van der Waals surface area contributed by atoms with Crippen molar-refractivity contribution in [2.75, 3.05) is 31.7 Å². The lowest BCUT2D eigenvalue weighted by atomic mass is 10.0. The summed E-state index contributed by atoms with van der Waals surface area (Å²) in [6.07, 6.45) is 2.48. The minimum atomic E-state index is -0.777. The minimum Gasteiger partial charge on any atom is -0.381 e. The Kier molecular flexibility index (Phi) is 5.70. The number of ether oxygens (including phenoxy) is 1. The Morgan fingerprint density at radius 3 is 2.88 bits per heavy atom. The second kappa shape index (κ2) is 8.69. The molecule has 3 aliphatic rings. The van der Waals surface area contributed by atoms with Gasteiger partial charge in [-0.1, -0.05) is 0 Å². The number of aromatic nitrogens is 1. The Morgan fingerprint density at radius 1 is 1.29 bits per heavy atom. The molecule has 1 aromatic heterocycles. The highest BCUT2D eigenvalue weighted by molar-refractivity contribution is 6.34. The van der Waals surface area contributed by atoms with Crippen LogP contribution in [-0.2, 0) is 19.2 Å². The maximum atomic E-state index is 13.7. The Morgan fingerprint density at radius 2 is 2.12 bits per heavy atom. The standard InChI is InChI=1S/C24H25FN4O5/c1-12-19(8-17-16-7-15(25)3-4-18(16)27-22(17)30)26-13(2)21(12)23(31)28-20-11-34-29(24(20)32)9-14-5-6-33-10-14/h3-4,7-8,14,20,26H,5-6,9-11H2,1-2H3,(H,27,30)(H,28,31)/b17-8-/t14?,20-/m1/s1. The molecule has 0 radical (unpaired) electrons. The first-order valence-corrected chi connectivity index (χ1v) is 11.2. The van der Waals surface area contributed by atoms with Crippen molar-refractivity contribution in [3.63, 3.8) is 0 Å². The van der Waals surface area contributed by atoms with Crippen LogP contribution >= 0.6 is 0 Å². The average molecular weight is 468 g/mol. The van der Waals surface area contributed by atoms with Gasteiger partial charge in [0.25, 0.3) is 17.7 Å². The summed E-state index contributed by atoms with van der Waals surface area (Å²) in [5.74, 6) is -1.26. The number of H-pyrrole nitrogens is 1. The maximum absolute atomic E-state index is 13.7. The van der Waals surface area contributed by atoms with E-state index in [2.05, 4.69) is 15.6 Å². The molecule has 1 aromatic carbocycles. The van der Waals surface area contributed by atoms with Gasteiger partial charge in [0.15, 0.2) is 0 Å². The van der Waals surface area contributed by atoms with Crippen LogP contribution in [0.15, 0.2) is 18.2 Å². The van der Waals surface area contributed by atoms with Crippen LogP contribution in [0.5, 0.6) is 0 Å². The van der Waals surface area contributed by atoms with Gasteiger partial charge < -0.3 is 20.4 Å². The van der Waals surface area contributed by atoms with E-state index in [4.69, 9.17) is 9.57 Å². The highest BCUT2D eigenvalue weighted by atomic mass is 19.1. The summed E-state index contributed by atoms with van der Waals surface area (Å²) in [4.78, 5) is 46.8. The normalized spacial score (nSPS) is 23.0. The second-order valence-electron chi connectivity index (χ2n) is 8.82. The molecule has 3 amide bonds. The zero-order valence-corrected chi connectivity index (χ0v) is 18.9. The number of nitrogens with zero attached hydrogens (tertiary/aromatic N) is 1. The molecule has 178 valence electrons. The van der Waals surface area contributed by atoms with Crippen LogP contribution in [0.25, 0.3) is 11.6 Å². The lowest BCUT2D eigenvalue weighted by Gasteiger charge is -2.18. The summed E-state index contributed by atoms with van der Waals surface area (Å²) >= 11 is 0. The van der Waals surface area contributed by atoms with Gasteiger partial charge in [0, 0.05) is 35.2 Å². The molecule has 0 spiro atoms. The molecule has 1 unspecified atom stereocenters. The van der Waals surface area contributed by atoms with E-state index in [0.29, 0.717) is 59.1 Å². The van der Waals surface area contributed by atoms with Gasteiger partial charge in [0.1, 0.15) is 18.5 Å². The number of anilines is 1. The molecule has 3 N–H and O–H groups in total. The van der Waals surface area contributed by atoms with Crippen LogP contribution in [0.1, 0.15) is 39.3 Å². The second-order valence-corrected chi connectivity index (χ2v) is 8.82. The highest BCUT2D eigenvalue weighted by Crippen LogP contribution is 2.34. The molecule has 2 atom stereocenters. The monoisotopic (exact) mass is 468 g/mol. The van der Waals surface area contributed by atoms with Crippen molar-refractivity contribution >= 4 is 35.1 Å². The molecule has 0 aliphatic carbocycles. The van der Waals surface area contributed by atoms with Gasteiger partial charge in [-0.15, -0.1) is 0 Å². The van der Waals surface area contributed by atoms with Gasteiger partial charge in [-0.05, 0) is 50.1 Å². The lowest BCUT2D eigenvalue weighted by Crippen LogP contribution is -2.43. The predicted octanol–water partition coefficient (Wildman–Crippen LogP) is 2.17. The molecular weight excluding hydrogens is 443 g/mol. The number of amides is 3. The SMILES string of the molecule is Cc1[nH]c(/C=C2\C(=O)Nc3ccc(F)cc32)c(C)c1C(=O)N[C@@H]1CON(CC2CCOC2)C1=O. The molecular formula is C24H25FN4O5. The number of aromatic amines is 1. The number of halogens is 1. The molecule has 5 rings (SSSR count). The maximum Gasteiger partial charge on any atom is 0.271 e. The quantitative estimate of drug-likeness (QED) is 0.583. The number of fused-ring (bicyclic) bond motifs is 1. The number of hydrogen-bond donors (Lipinski definition) is 3. The van der Waals surface area contributed by atoms with E-state index in [9.17, 15) is 18.8 Å². The Balaban J connectivity index is 1.33. The smallest absolute Gasteiger partial charge is 0.271 e. The molecule has 4 heterocycles. The predicted molar refractivity (Wildman–Crippen MR) is 121 cm³/mol. The lowest BCUT2D eigenvalue weighted by molar-refractivity contribution is -0.164. The molecule has 10 heteroatoms. The van der Waals surface area contributed by atoms with Gasteiger partial charge in [-0.2, -0.15) is 0 Å². The third-order valence-electron chi connectivity index (χ3n) is 6.45. The number of nitrogens with one attached hydrogen (secondary N) is 3. The van der Waals surface area contributed by atoms with E-state index in [1.807, 2.05) is 0 Å². The number of hydrogen-bond acceptors (Lipinski definition) is 5. The van der Waals surface area contributed by atoms with Crippen LogP contribution in [0, 0.1) is 25.6 Å². The van der Waals surface area contributed by atoms with Gasteiger partial charge in [-0.3, -0.25) is 19.2 Å². The number of hydroxylamine groups is 2. The van der Waals surface area contributed by atoms with Crippen molar-refractivity contribution in [1.29, 1.82) is 0 Å². The van der Waals surface area contributed by atoms with E-state index in [1.165, 1.54) is 23.3 Å². The summed E-state index contributed by atoms with van der Waals surface area (Å²) in [6, 6.07) is 3.32. The van der Waals surface area contributed by atoms with Crippen molar-refractivity contribution < 1.29 is 28.3 Å². The van der Waals surface area contributed by atoms with E-state index in [1.54, 1.807) is 19.9 Å². The summed E-state index contributed by atoms with van der Waals surface area (Å²) < 4.78 is 19.1. The van der Waals surface area contributed by atoms with E-state index >= 15 is 0 Å². The van der Waals surface area contributed by atoms with Gasteiger partial charge >= 0.3 is 0 Å². The van der Waals surface area contributed by atoms with Crippen LogP contribution in [0.3, 0.4) is 0 Å². The Bertz CT molecular complexity index is 1210. The fraction of sp³-hybridized carbons (Fsp3) is 0.375. The molecule has 2 aromatic rings. The molecule has 2 saturated heterocycles. The third kappa shape index (κ3) is 3.99. The largest absolute Gasteiger partial charge is 0.381 e. The first-order valence-electron chi connectivity index (χ1n) is 11.2. The molecule has 0 saturated carbocycles. The zero-order chi connectivity index (χ0) is 24.0. The van der Waals surface area contributed by atoms with Crippen molar-refractivity contribution in [3.05, 3.63) is 52.1 Å². The van der Waals surface area contributed by atoms with E-state index in [-0.39, 0.29) is 24.3 Å². The number of aryl methyl sites for hydroxylation is 1. The zero-order valence-electron chi connectivity index (χ0n) is 18.9.